The van der Waals surface area contributed by atoms with Gasteiger partial charge in [0, 0.05) is 9.77 Å². The van der Waals surface area contributed by atoms with Gasteiger partial charge in [-0.3, -0.25) is 0 Å². The molecular weight excluding hydrogens is 300 g/mol. The predicted molar refractivity (Wildman–Crippen MR) is 51.3 cm³/mol. The first-order valence-electron chi connectivity index (χ1n) is 2.91. The van der Waals surface area contributed by atoms with E-state index in [1.807, 2.05) is 0 Å². The molecule has 0 saturated carbocycles. The second-order valence-corrected chi connectivity index (χ2v) is 3.47. The summed E-state index contributed by atoms with van der Waals surface area (Å²) >= 11 is 7.22. The van der Waals surface area contributed by atoms with Crippen LogP contribution in [0.4, 0.5) is 14.5 Å². The van der Waals surface area contributed by atoms with E-state index in [1.54, 1.807) is 22.6 Å². The lowest BCUT2D eigenvalue weighted by atomic mass is 10.3. The van der Waals surface area contributed by atoms with E-state index in [9.17, 15) is 8.78 Å². The Bertz CT molecular complexity index is 306. The van der Waals surface area contributed by atoms with Gasteiger partial charge in [0.1, 0.15) is 0 Å². The molecule has 1 heterocycles. The van der Waals surface area contributed by atoms with E-state index in [0.717, 1.165) is 6.20 Å². The van der Waals surface area contributed by atoms with Crippen LogP contribution in [0.15, 0.2) is 6.20 Å². The van der Waals surface area contributed by atoms with Crippen molar-refractivity contribution in [3.63, 3.8) is 0 Å². The van der Waals surface area contributed by atoms with Crippen molar-refractivity contribution in [3.05, 3.63) is 20.5 Å². The quantitative estimate of drug-likeness (QED) is 0.640. The van der Waals surface area contributed by atoms with Crippen molar-refractivity contribution < 1.29 is 8.78 Å². The largest absolute Gasteiger partial charge is 0.395 e. The van der Waals surface area contributed by atoms with Gasteiger partial charge in [-0.15, -0.1) is 0 Å². The van der Waals surface area contributed by atoms with Gasteiger partial charge >= 0.3 is 0 Å². The number of anilines is 1. The molecule has 0 unspecified atom stereocenters. The Hall–Kier alpha value is -0.170. The summed E-state index contributed by atoms with van der Waals surface area (Å²) in [5.74, 6) is 0. The fourth-order valence-electron chi connectivity index (χ4n) is 0.651. The summed E-state index contributed by atoms with van der Waals surface area (Å²) in [5, 5.41) is 0.0591. The number of hydrogen-bond acceptors (Lipinski definition) is 2. The van der Waals surface area contributed by atoms with Crippen LogP contribution in [0.3, 0.4) is 0 Å². The first kappa shape index (κ1) is 9.91. The number of nitrogen functional groups attached to an aromatic ring is 1. The molecule has 6 heteroatoms. The van der Waals surface area contributed by atoms with Crippen molar-refractivity contribution in [3.8, 4) is 0 Å². The fourth-order valence-corrected chi connectivity index (χ4v) is 1.58. The van der Waals surface area contributed by atoms with E-state index < -0.39 is 6.43 Å². The Labute approximate surface area is 86.3 Å². The summed E-state index contributed by atoms with van der Waals surface area (Å²) in [6.45, 7) is 0. The molecule has 2 N–H and O–H groups in total. The van der Waals surface area contributed by atoms with E-state index in [0.29, 0.717) is 0 Å². The minimum Gasteiger partial charge on any atom is -0.395 e. The molecule has 0 bridgehead atoms. The summed E-state index contributed by atoms with van der Waals surface area (Å²) in [4.78, 5) is 3.52. The van der Waals surface area contributed by atoms with Crippen LogP contribution in [-0.2, 0) is 0 Å². The standard InChI is InChI=1S/C6H4ClF2IN2/c7-5-4(11)3(10)2(1-12-5)6(8)9/h1,6H,11H2. The summed E-state index contributed by atoms with van der Waals surface area (Å²) < 4.78 is 24.7. The van der Waals surface area contributed by atoms with Gasteiger partial charge in [-0.1, -0.05) is 11.6 Å². The number of rotatable bonds is 1. The van der Waals surface area contributed by atoms with Gasteiger partial charge in [-0.25, -0.2) is 13.8 Å². The highest BCUT2D eigenvalue weighted by atomic mass is 127. The molecule has 0 atom stereocenters. The van der Waals surface area contributed by atoms with Crippen molar-refractivity contribution in [2.45, 2.75) is 6.43 Å². The molecule has 12 heavy (non-hydrogen) atoms. The highest BCUT2D eigenvalue weighted by molar-refractivity contribution is 14.1. The Kier molecular flexibility index (Phi) is 3.05. The van der Waals surface area contributed by atoms with Crippen LogP contribution >= 0.6 is 34.2 Å². The Balaban J connectivity index is 3.27. The van der Waals surface area contributed by atoms with Crippen molar-refractivity contribution in [2.75, 3.05) is 5.73 Å². The van der Waals surface area contributed by atoms with Crippen LogP contribution in [0.2, 0.25) is 5.15 Å². The van der Waals surface area contributed by atoms with E-state index >= 15 is 0 Å². The predicted octanol–water partition coefficient (Wildman–Crippen LogP) is 2.86. The lowest BCUT2D eigenvalue weighted by Crippen LogP contribution is -1.99. The van der Waals surface area contributed by atoms with Gasteiger partial charge in [0.25, 0.3) is 6.43 Å². The van der Waals surface area contributed by atoms with Crippen LogP contribution in [0, 0.1) is 3.57 Å². The Morgan fingerprint density at radius 1 is 1.58 bits per heavy atom. The molecule has 0 aliphatic heterocycles. The van der Waals surface area contributed by atoms with Crippen molar-refractivity contribution in [1.29, 1.82) is 0 Å². The van der Waals surface area contributed by atoms with Crippen LogP contribution in [-0.4, -0.2) is 4.98 Å². The zero-order valence-corrected chi connectivity index (χ0v) is 8.60. The Morgan fingerprint density at radius 2 is 2.17 bits per heavy atom. The number of halogens is 4. The third-order valence-electron chi connectivity index (χ3n) is 1.26. The number of pyridine rings is 1. The fraction of sp³-hybridized carbons (Fsp3) is 0.167. The zero-order chi connectivity index (χ0) is 9.30. The third kappa shape index (κ3) is 1.77. The first-order chi connectivity index (χ1) is 5.54. The first-order valence-corrected chi connectivity index (χ1v) is 4.37. The maximum Gasteiger partial charge on any atom is 0.266 e. The molecule has 0 aliphatic carbocycles. The van der Waals surface area contributed by atoms with Crippen LogP contribution in [0.25, 0.3) is 0 Å². The average Bonchev–Trinajstić information content (AvgIpc) is 2.00. The van der Waals surface area contributed by atoms with Gasteiger partial charge in [0.05, 0.1) is 11.3 Å². The monoisotopic (exact) mass is 304 g/mol. The number of aromatic nitrogens is 1. The number of hydrogen-bond donors (Lipinski definition) is 1. The van der Waals surface area contributed by atoms with Crippen LogP contribution < -0.4 is 5.73 Å². The number of alkyl halides is 2. The molecule has 0 aromatic carbocycles. The summed E-state index contributed by atoms with van der Waals surface area (Å²) in [6, 6.07) is 0. The van der Waals surface area contributed by atoms with Gasteiger partial charge in [-0.05, 0) is 22.6 Å². The van der Waals surface area contributed by atoms with Crippen molar-refractivity contribution in [2.24, 2.45) is 0 Å². The third-order valence-corrected chi connectivity index (χ3v) is 2.77. The van der Waals surface area contributed by atoms with Gasteiger partial charge in [0.15, 0.2) is 5.15 Å². The van der Waals surface area contributed by atoms with E-state index in [4.69, 9.17) is 17.3 Å². The average molecular weight is 304 g/mol. The molecule has 0 fully saturated rings. The molecule has 1 rings (SSSR count). The molecule has 1 aromatic rings. The molecule has 0 saturated heterocycles. The highest BCUT2D eigenvalue weighted by Gasteiger charge is 2.15. The van der Waals surface area contributed by atoms with Crippen LogP contribution in [0.5, 0.6) is 0 Å². The second-order valence-electron chi connectivity index (χ2n) is 2.03. The summed E-state index contributed by atoms with van der Waals surface area (Å²) in [6.07, 6.45) is -1.53. The van der Waals surface area contributed by atoms with E-state index in [1.165, 1.54) is 0 Å². The lowest BCUT2D eigenvalue weighted by molar-refractivity contribution is 0.150. The molecule has 66 valence electrons. The van der Waals surface area contributed by atoms with E-state index in [2.05, 4.69) is 4.98 Å². The lowest BCUT2D eigenvalue weighted by Gasteiger charge is -2.05. The molecule has 0 amide bonds. The summed E-state index contributed by atoms with van der Waals surface area (Å²) in [7, 11) is 0. The van der Waals surface area contributed by atoms with Crippen molar-refractivity contribution in [1.82, 2.24) is 4.98 Å². The molecule has 0 spiro atoms. The van der Waals surface area contributed by atoms with Gasteiger partial charge < -0.3 is 5.73 Å². The molecule has 1 aromatic heterocycles. The zero-order valence-electron chi connectivity index (χ0n) is 5.69. The van der Waals surface area contributed by atoms with Gasteiger partial charge in [-0.2, -0.15) is 0 Å². The van der Waals surface area contributed by atoms with E-state index in [-0.39, 0.29) is 20.0 Å². The Morgan fingerprint density at radius 3 is 2.67 bits per heavy atom. The highest BCUT2D eigenvalue weighted by Crippen LogP contribution is 2.30. The minimum absolute atomic E-state index is 0.0591. The maximum atomic E-state index is 12.2. The molecule has 2 nitrogen and oxygen atoms in total. The number of nitrogens with two attached hydrogens (primary N) is 1. The molecule has 0 radical (unpaired) electrons. The minimum atomic E-state index is -2.57. The van der Waals surface area contributed by atoms with Crippen LogP contribution in [0.1, 0.15) is 12.0 Å². The SMILES string of the molecule is Nc1c(Cl)ncc(C(F)F)c1I. The second kappa shape index (κ2) is 3.69. The van der Waals surface area contributed by atoms with Crippen molar-refractivity contribution >= 4 is 39.9 Å². The normalized spacial score (nSPS) is 10.8. The molecule has 0 aliphatic rings. The summed E-state index contributed by atoms with van der Waals surface area (Å²) in [5.41, 5.74) is 5.31. The smallest absolute Gasteiger partial charge is 0.266 e. The topological polar surface area (TPSA) is 38.9 Å². The molecular formula is C6H4ClF2IN2. The number of nitrogens with zero attached hydrogens (tertiary/aromatic N) is 1. The van der Waals surface area contributed by atoms with Gasteiger partial charge in [0.2, 0.25) is 0 Å². The maximum absolute atomic E-state index is 12.2.